The third-order valence-corrected chi connectivity index (χ3v) is 6.66. The third-order valence-electron chi connectivity index (χ3n) is 6.16. The first-order valence-electron chi connectivity index (χ1n) is 11.9. The number of carbonyl (C=O) groups is 1. The molecular formula is C24H29BrF3N6O4+. The van der Waals surface area contributed by atoms with Gasteiger partial charge in [0.05, 0.1) is 32.9 Å². The Morgan fingerprint density at radius 1 is 1.32 bits per heavy atom. The summed E-state index contributed by atoms with van der Waals surface area (Å²) in [7, 11) is 1.85. The molecule has 38 heavy (non-hydrogen) atoms. The molecule has 1 unspecified atom stereocenters. The lowest BCUT2D eigenvalue weighted by molar-refractivity contribution is -0.827. The minimum Gasteiger partial charge on any atom is -0.414 e. The molecule has 3 aromatic rings. The highest BCUT2D eigenvalue weighted by atomic mass is 79.9. The van der Waals surface area contributed by atoms with Crippen molar-refractivity contribution in [2.75, 3.05) is 32.0 Å². The Labute approximate surface area is 224 Å². The van der Waals surface area contributed by atoms with Gasteiger partial charge in [-0.15, -0.1) is 13.2 Å². The van der Waals surface area contributed by atoms with Gasteiger partial charge in [-0.2, -0.15) is 9.78 Å². The fourth-order valence-corrected chi connectivity index (χ4v) is 4.81. The number of anilines is 1. The molecule has 0 aliphatic carbocycles. The number of rotatable bonds is 6. The maximum Gasteiger partial charge on any atom is 0.573 e. The van der Waals surface area contributed by atoms with E-state index in [1.54, 1.807) is 0 Å². The lowest BCUT2D eigenvalue weighted by Crippen LogP contribution is -2.50. The number of carbonyl (C=O) groups excluding carboxylic acids is 1. The fraction of sp³-hybridized carbons (Fsp3) is 0.500. The number of hydrogen-bond donors (Lipinski definition) is 2. The number of H-pyrrole nitrogens is 1. The summed E-state index contributed by atoms with van der Waals surface area (Å²) >= 11 is 3.25. The van der Waals surface area contributed by atoms with Crippen molar-refractivity contribution < 1.29 is 31.9 Å². The van der Waals surface area contributed by atoms with Crippen LogP contribution in [0.3, 0.4) is 0 Å². The van der Waals surface area contributed by atoms with E-state index in [0.717, 1.165) is 6.42 Å². The number of quaternary nitrogens is 1. The van der Waals surface area contributed by atoms with E-state index in [1.165, 1.54) is 29.0 Å². The van der Waals surface area contributed by atoms with Crippen molar-refractivity contribution in [3.63, 3.8) is 0 Å². The van der Waals surface area contributed by atoms with Crippen LogP contribution in [0.1, 0.15) is 32.8 Å². The average molecular weight is 602 g/mol. The lowest BCUT2D eigenvalue weighted by atomic mass is 10.1. The maximum absolute atomic E-state index is 12.9. The Hall–Kier alpha value is -3.13. The molecule has 1 aliphatic heterocycles. The van der Waals surface area contributed by atoms with E-state index < -0.39 is 23.4 Å². The molecule has 0 bridgehead atoms. The molecule has 0 saturated carbocycles. The molecule has 0 radical (unpaired) electrons. The first kappa shape index (κ1) is 27.9. The first-order chi connectivity index (χ1) is 17.6. The summed E-state index contributed by atoms with van der Waals surface area (Å²) in [5.41, 5.74) is -0.418. The normalized spacial score (nSPS) is 20.1. The van der Waals surface area contributed by atoms with Crippen LogP contribution < -0.4 is 15.7 Å². The molecule has 2 atom stereocenters. The number of nitrogens with zero attached hydrogens (tertiary/aromatic N) is 4. The highest BCUT2D eigenvalue weighted by Gasteiger charge is 2.44. The van der Waals surface area contributed by atoms with Crippen LogP contribution in [-0.2, 0) is 11.3 Å². The highest BCUT2D eigenvalue weighted by molar-refractivity contribution is 9.10. The van der Waals surface area contributed by atoms with E-state index in [9.17, 15) is 22.8 Å². The average Bonchev–Trinajstić information content (AvgIpc) is 3.32. The number of alkyl halides is 3. The molecule has 4 rings (SSSR count). The number of nitrogens with one attached hydrogen (secondary N) is 2. The van der Waals surface area contributed by atoms with Gasteiger partial charge in [0.2, 0.25) is 5.95 Å². The topological polar surface area (TPSA) is 111 Å². The summed E-state index contributed by atoms with van der Waals surface area (Å²) in [6.45, 7) is 7.01. The van der Waals surface area contributed by atoms with Crippen LogP contribution in [0, 0.1) is 5.92 Å². The van der Waals surface area contributed by atoms with E-state index in [1.807, 2.05) is 27.8 Å². The summed E-state index contributed by atoms with van der Waals surface area (Å²) in [5.74, 6) is -0.00430. The Kier molecular flexibility index (Phi) is 7.49. The first-order valence-corrected chi connectivity index (χ1v) is 12.7. The largest absolute Gasteiger partial charge is 0.573 e. The molecule has 1 saturated heterocycles. The summed E-state index contributed by atoms with van der Waals surface area (Å²) in [4.78, 5) is 36.6. The predicted octanol–water partition coefficient (Wildman–Crippen LogP) is 4.64. The van der Waals surface area contributed by atoms with Crippen molar-refractivity contribution >= 4 is 39.1 Å². The van der Waals surface area contributed by atoms with Gasteiger partial charge in [-0.05, 0) is 39.0 Å². The van der Waals surface area contributed by atoms with Crippen molar-refractivity contribution in [1.82, 2.24) is 19.5 Å². The maximum atomic E-state index is 12.9. The Morgan fingerprint density at radius 3 is 2.74 bits per heavy atom. The summed E-state index contributed by atoms with van der Waals surface area (Å²) in [5, 5.41) is 3.16. The lowest BCUT2D eigenvalue weighted by Gasteiger charge is -2.29. The summed E-state index contributed by atoms with van der Waals surface area (Å²) < 4.78 is 50.3. The third kappa shape index (κ3) is 6.65. The number of aromatic amines is 1. The van der Waals surface area contributed by atoms with Gasteiger partial charge in [0.1, 0.15) is 16.9 Å². The van der Waals surface area contributed by atoms with Gasteiger partial charge < -0.3 is 19.8 Å². The van der Waals surface area contributed by atoms with Crippen molar-refractivity contribution in [2.45, 2.75) is 45.7 Å². The number of likely N-dealkylation sites (tertiary alicyclic amines) is 1. The van der Waals surface area contributed by atoms with Gasteiger partial charge in [-0.3, -0.25) is 4.57 Å². The van der Waals surface area contributed by atoms with Crippen LogP contribution in [0.25, 0.3) is 11.2 Å². The second-order valence-electron chi connectivity index (χ2n) is 10.6. The zero-order chi connectivity index (χ0) is 27.9. The van der Waals surface area contributed by atoms with Gasteiger partial charge in [-0.1, -0.05) is 15.9 Å². The fourth-order valence-electron chi connectivity index (χ4n) is 4.40. The SMILES string of the molecule is CC(C)(C)OC(=O)[N+]1(C)CC[C@@H](CNc2ncc3[nH]c(=O)n(Cc4cc(Br)ccc4OC(F)(F)F)c3n2)C1. The summed E-state index contributed by atoms with van der Waals surface area (Å²) in [6.07, 6.45) is -2.92. The van der Waals surface area contributed by atoms with Gasteiger partial charge in [0.25, 0.3) is 0 Å². The zero-order valence-electron chi connectivity index (χ0n) is 21.4. The van der Waals surface area contributed by atoms with E-state index in [0.29, 0.717) is 29.6 Å². The number of aromatic nitrogens is 4. The Morgan fingerprint density at radius 2 is 2.05 bits per heavy atom. The summed E-state index contributed by atoms with van der Waals surface area (Å²) in [6, 6.07) is 4.05. The molecule has 3 heterocycles. The zero-order valence-corrected chi connectivity index (χ0v) is 22.9. The van der Waals surface area contributed by atoms with Crippen molar-refractivity contribution in [3.8, 4) is 5.75 Å². The van der Waals surface area contributed by atoms with Crippen molar-refractivity contribution in [2.24, 2.45) is 5.92 Å². The van der Waals surface area contributed by atoms with Gasteiger partial charge >= 0.3 is 18.1 Å². The molecule has 1 fully saturated rings. The molecule has 1 aliphatic rings. The van der Waals surface area contributed by atoms with E-state index in [4.69, 9.17) is 4.74 Å². The number of fused-ring (bicyclic) bond motifs is 1. The van der Waals surface area contributed by atoms with Crippen molar-refractivity contribution in [1.29, 1.82) is 0 Å². The van der Waals surface area contributed by atoms with Crippen LogP contribution in [0.2, 0.25) is 0 Å². The Bertz CT molecular complexity index is 1400. The molecule has 1 amide bonds. The monoisotopic (exact) mass is 601 g/mol. The van der Waals surface area contributed by atoms with E-state index in [-0.39, 0.29) is 40.2 Å². The molecule has 10 nitrogen and oxygen atoms in total. The van der Waals surface area contributed by atoms with E-state index >= 15 is 0 Å². The van der Waals surface area contributed by atoms with E-state index in [2.05, 4.69) is 40.9 Å². The predicted molar refractivity (Wildman–Crippen MR) is 137 cm³/mol. The number of imidazole rings is 1. The molecule has 1 aromatic carbocycles. The molecule has 0 spiro atoms. The number of hydrogen-bond acceptors (Lipinski definition) is 7. The standard InChI is InChI=1S/C24H28BrF3N6O4/c1-23(2,3)38-22(36)34(4)8-7-14(13-34)10-29-20-30-11-17-19(32-20)33(21(35)31-17)12-15-9-16(25)5-6-18(15)37-24(26,27)28/h5-6,9,11,14H,7-8,10,12-13H2,1-4H3,(H-,29,30,31,32,35)/p+1/t14-,34?/m0/s1. The van der Waals surface area contributed by atoms with Crippen LogP contribution in [0.4, 0.5) is 23.9 Å². The minimum atomic E-state index is -4.88. The molecule has 206 valence electrons. The molecule has 2 aromatic heterocycles. The van der Waals surface area contributed by atoms with Gasteiger partial charge in [-0.25, -0.2) is 14.3 Å². The molecule has 2 N–H and O–H groups in total. The van der Waals surface area contributed by atoms with Crippen LogP contribution >= 0.6 is 15.9 Å². The molecular weight excluding hydrogens is 573 g/mol. The van der Waals surface area contributed by atoms with Crippen LogP contribution in [0.15, 0.2) is 33.7 Å². The highest BCUT2D eigenvalue weighted by Crippen LogP contribution is 2.30. The van der Waals surface area contributed by atoms with Crippen LogP contribution in [-0.4, -0.2) is 68.7 Å². The van der Waals surface area contributed by atoms with Gasteiger partial charge in [0, 0.05) is 28.9 Å². The van der Waals surface area contributed by atoms with Gasteiger partial charge in [0.15, 0.2) is 5.65 Å². The second kappa shape index (κ2) is 10.2. The minimum absolute atomic E-state index is 0.137. The van der Waals surface area contributed by atoms with Crippen LogP contribution in [0.5, 0.6) is 5.75 Å². The second-order valence-corrected chi connectivity index (χ2v) is 11.5. The number of ether oxygens (including phenoxy) is 2. The van der Waals surface area contributed by atoms with Crippen molar-refractivity contribution in [3.05, 3.63) is 44.9 Å². The quantitative estimate of drug-likeness (QED) is 0.396. The smallest absolute Gasteiger partial charge is 0.414 e. The Balaban J connectivity index is 1.50. The number of halogens is 4. The number of benzene rings is 1. The number of amides is 1. The molecule has 14 heteroatoms.